The van der Waals surface area contributed by atoms with Gasteiger partial charge in [0.25, 0.3) is 0 Å². The van der Waals surface area contributed by atoms with Crippen LogP contribution in [0.3, 0.4) is 0 Å². The average molecular weight is 423 g/mol. The summed E-state index contributed by atoms with van der Waals surface area (Å²) in [6.07, 6.45) is 6.01. The summed E-state index contributed by atoms with van der Waals surface area (Å²) in [6, 6.07) is 0. The van der Waals surface area contributed by atoms with E-state index >= 15 is 0 Å². The second-order valence-corrected chi connectivity index (χ2v) is 9.85. The summed E-state index contributed by atoms with van der Waals surface area (Å²) < 4.78 is 10.3. The number of carbonyl (C=O) groups is 3. The number of carbonyl (C=O) groups excluding carboxylic acids is 3. The van der Waals surface area contributed by atoms with Crippen molar-refractivity contribution in [1.29, 1.82) is 0 Å². The Kier molecular flexibility index (Phi) is 4.74. The van der Waals surface area contributed by atoms with Gasteiger partial charge in [-0.25, -0.2) is 4.79 Å². The number of Topliss-reactive ketones (excluding diaryl/α,β-unsaturated/α-hetero) is 1. The van der Waals surface area contributed by atoms with E-state index in [-0.39, 0.29) is 29.1 Å². The number of cyclic esters (lactones) is 1. The molecule has 158 valence electrons. The molecule has 0 aromatic heterocycles. The molecule has 2 saturated carbocycles. The molecule has 29 heavy (non-hydrogen) atoms. The average Bonchev–Trinajstić information content (AvgIpc) is 2.94. The molecule has 0 bridgehead atoms. The maximum Gasteiger partial charge on any atom is 0.331 e. The van der Waals surface area contributed by atoms with E-state index < -0.39 is 29.4 Å². The first-order chi connectivity index (χ1) is 13.5. The molecule has 0 unspecified atom stereocenters. The van der Waals surface area contributed by atoms with Crippen molar-refractivity contribution in [1.82, 2.24) is 0 Å². The molecule has 0 saturated heterocycles. The minimum Gasteiger partial charge on any atom is -0.462 e. The SMILES string of the molecule is CC(=O)OCC(=O)[C@@]1(O)CC[C@H]2[C@@H]3C=C(Cl)C4=CC(=O)OC[C@]4(C)[C@H]3CC[C@@]21C. The third kappa shape index (κ3) is 2.82. The topological polar surface area (TPSA) is 89.9 Å². The van der Waals surface area contributed by atoms with Crippen LogP contribution in [-0.4, -0.2) is 41.6 Å². The fraction of sp³-hybridized carbons (Fsp3) is 0.682. The molecule has 0 amide bonds. The van der Waals surface area contributed by atoms with Gasteiger partial charge in [0.15, 0.2) is 6.61 Å². The lowest BCUT2D eigenvalue weighted by atomic mass is 9.49. The van der Waals surface area contributed by atoms with Crippen molar-refractivity contribution in [3.8, 4) is 0 Å². The number of halogens is 1. The van der Waals surface area contributed by atoms with E-state index in [0.29, 0.717) is 30.9 Å². The summed E-state index contributed by atoms with van der Waals surface area (Å²) in [5.41, 5.74) is -1.68. The molecule has 0 aromatic carbocycles. The predicted molar refractivity (Wildman–Crippen MR) is 105 cm³/mol. The highest BCUT2D eigenvalue weighted by molar-refractivity contribution is 6.32. The molecule has 2 fully saturated rings. The molecule has 6 atom stereocenters. The fourth-order valence-corrected chi connectivity index (χ4v) is 6.88. The molecule has 3 aliphatic carbocycles. The molecule has 7 heteroatoms. The first kappa shape index (κ1) is 20.6. The molecular weight excluding hydrogens is 396 g/mol. The smallest absolute Gasteiger partial charge is 0.331 e. The molecule has 0 radical (unpaired) electrons. The minimum atomic E-state index is -1.52. The molecule has 4 aliphatic rings. The largest absolute Gasteiger partial charge is 0.462 e. The van der Waals surface area contributed by atoms with Gasteiger partial charge >= 0.3 is 11.9 Å². The normalized spacial score (nSPS) is 43.2. The van der Waals surface area contributed by atoms with Crippen LogP contribution in [0, 0.1) is 28.6 Å². The van der Waals surface area contributed by atoms with Crippen molar-refractivity contribution >= 4 is 29.3 Å². The van der Waals surface area contributed by atoms with E-state index in [0.717, 1.165) is 12.0 Å². The number of esters is 2. The minimum absolute atomic E-state index is 0.0669. The molecule has 4 rings (SSSR count). The van der Waals surface area contributed by atoms with E-state index in [4.69, 9.17) is 21.1 Å². The Labute approximate surface area is 175 Å². The number of hydrogen-bond acceptors (Lipinski definition) is 6. The van der Waals surface area contributed by atoms with Gasteiger partial charge in [-0.3, -0.25) is 9.59 Å². The van der Waals surface area contributed by atoms with Crippen LogP contribution < -0.4 is 0 Å². The van der Waals surface area contributed by atoms with Gasteiger partial charge in [0.2, 0.25) is 5.78 Å². The van der Waals surface area contributed by atoms with Crippen molar-refractivity contribution in [2.75, 3.05) is 13.2 Å². The van der Waals surface area contributed by atoms with Crippen molar-refractivity contribution in [2.24, 2.45) is 28.6 Å². The highest BCUT2D eigenvalue weighted by Crippen LogP contribution is 2.66. The summed E-state index contributed by atoms with van der Waals surface area (Å²) in [5, 5.41) is 12.0. The quantitative estimate of drug-likeness (QED) is 0.703. The van der Waals surface area contributed by atoms with Crippen molar-refractivity contribution < 1.29 is 29.0 Å². The maximum atomic E-state index is 12.8. The number of ether oxygens (including phenoxy) is 2. The van der Waals surface area contributed by atoms with Crippen molar-refractivity contribution in [2.45, 2.75) is 52.1 Å². The maximum absolute atomic E-state index is 12.8. The van der Waals surface area contributed by atoms with Crippen LogP contribution in [0.4, 0.5) is 0 Å². The van der Waals surface area contributed by atoms with Gasteiger partial charge < -0.3 is 14.6 Å². The van der Waals surface area contributed by atoms with E-state index in [9.17, 15) is 19.5 Å². The third-order valence-electron chi connectivity index (χ3n) is 8.16. The Balaban J connectivity index is 1.68. The van der Waals surface area contributed by atoms with Crippen molar-refractivity contribution in [3.05, 3.63) is 22.8 Å². The molecule has 1 heterocycles. The zero-order valence-corrected chi connectivity index (χ0v) is 17.8. The number of ketones is 1. The van der Waals surface area contributed by atoms with Gasteiger partial charge in [0, 0.05) is 28.9 Å². The number of allylic oxidation sites excluding steroid dienone is 2. The second-order valence-electron chi connectivity index (χ2n) is 9.45. The lowest BCUT2D eigenvalue weighted by Crippen LogP contribution is -2.58. The standard InChI is InChI=1S/C22H27ClO6/c1-12(24)28-10-18(25)22(27)7-5-15-13-8-17(23)16-9-19(26)29-11-20(16,2)14(13)4-6-21(15,22)3/h8-9,13-15,27H,4-7,10-11H2,1-3H3/t13-,14+,15+,20-,21+,22+/m1/s1. The third-order valence-corrected chi connectivity index (χ3v) is 8.49. The van der Waals surface area contributed by atoms with Gasteiger partial charge in [-0.15, -0.1) is 0 Å². The van der Waals surface area contributed by atoms with E-state index in [1.165, 1.54) is 13.0 Å². The zero-order chi connectivity index (χ0) is 21.2. The number of rotatable bonds is 3. The first-order valence-corrected chi connectivity index (χ1v) is 10.6. The Morgan fingerprint density at radius 3 is 2.66 bits per heavy atom. The summed E-state index contributed by atoms with van der Waals surface area (Å²) in [5.74, 6) is -0.970. The van der Waals surface area contributed by atoms with Crippen LogP contribution in [0.25, 0.3) is 0 Å². The Morgan fingerprint density at radius 2 is 1.97 bits per heavy atom. The summed E-state index contributed by atoms with van der Waals surface area (Å²) >= 11 is 6.62. The number of aliphatic hydroxyl groups is 1. The van der Waals surface area contributed by atoms with Crippen LogP contribution in [0.2, 0.25) is 0 Å². The second kappa shape index (κ2) is 6.67. The highest BCUT2D eigenvalue weighted by atomic mass is 35.5. The van der Waals surface area contributed by atoms with Crippen LogP contribution in [0.5, 0.6) is 0 Å². The Hall–Kier alpha value is -1.66. The number of fused-ring (bicyclic) bond motifs is 5. The zero-order valence-electron chi connectivity index (χ0n) is 17.0. The van der Waals surface area contributed by atoms with Gasteiger partial charge in [0.1, 0.15) is 12.2 Å². The van der Waals surface area contributed by atoms with E-state index in [1.807, 2.05) is 13.0 Å². The molecular formula is C22H27ClO6. The van der Waals surface area contributed by atoms with Crippen LogP contribution in [-0.2, 0) is 23.9 Å². The molecule has 0 spiro atoms. The van der Waals surface area contributed by atoms with E-state index in [2.05, 4.69) is 6.92 Å². The Bertz CT molecular complexity index is 846. The summed E-state index contributed by atoms with van der Waals surface area (Å²) in [6.45, 7) is 5.21. The van der Waals surface area contributed by atoms with Crippen LogP contribution in [0.15, 0.2) is 22.8 Å². The summed E-state index contributed by atoms with van der Waals surface area (Å²) in [4.78, 5) is 35.8. The van der Waals surface area contributed by atoms with Crippen molar-refractivity contribution in [3.63, 3.8) is 0 Å². The molecule has 0 aromatic rings. The van der Waals surface area contributed by atoms with E-state index in [1.54, 1.807) is 0 Å². The number of hydrogen-bond donors (Lipinski definition) is 1. The van der Waals surface area contributed by atoms with Crippen LogP contribution in [0.1, 0.15) is 46.5 Å². The molecule has 1 aliphatic heterocycles. The van der Waals surface area contributed by atoms with Gasteiger partial charge in [-0.1, -0.05) is 31.5 Å². The summed E-state index contributed by atoms with van der Waals surface area (Å²) in [7, 11) is 0. The Morgan fingerprint density at radius 1 is 1.28 bits per heavy atom. The monoisotopic (exact) mass is 422 g/mol. The van der Waals surface area contributed by atoms with Gasteiger partial charge in [-0.05, 0) is 49.0 Å². The van der Waals surface area contributed by atoms with Crippen LogP contribution >= 0.6 is 11.6 Å². The lowest BCUT2D eigenvalue weighted by Gasteiger charge is -2.56. The predicted octanol–water partition coefficient (Wildman–Crippen LogP) is 2.92. The first-order valence-electron chi connectivity index (χ1n) is 10.2. The lowest BCUT2D eigenvalue weighted by molar-refractivity contribution is -0.168. The molecule has 6 nitrogen and oxygen atoms in total. The fourth-order valence-electron chi connectivity index (χ4n) is 6.46. The van der Waals surface area contributed by atoms with Gasteiger partial charge in [-0.2, -0.15) is 0 Å². The molecule has 1 N–H and O–H groups in total. The highest BCUT2D eigenvalue weighted by Gasteiger charge is 2.66. The van der Waals surface area contributed by atoms with Gasteiger partial charge in [0.05, 0.1) is 0 Å².